The van der Waals surface area contributed by atoms with E-state index in [4.69, 9.17) is 5.73 Å². The Balaban J connectivity index is 2.58. The number of anilines is 1. The lowest BCUT2D eigenvalue weighted by Gasteiger charge is -2.09. The van der Waals surface area contributed by atoms with E-state index in [-0.39, 0.29) is 11.7 Å². The number of nitrogens with two attached hydrogens (primary N) is 1. The van der Waals surface area contributed by atoms with Crippen LogP contribution in [0, 0.1) is 5.92 Å². The average Bonchev–Trinajstić information content (AvgIpc) is 2.13. The highest BCUT2D eigenvalue weighted by molar-refractivity contribution is 7.89. The summed E-state index contributed by atoms with van der Waals surface area (Å²) in [5, 5.41) is 0. The summed E-state index contributed by atoms with van der Waals surface area (Å²) < 4.78 is 25.7. The third-order valence-corrected chi connectivity index (χ3v) is 3.69. The minimum absolute atomic E-state index is 0.123. The van der Waals surface area contributed by atoms with E-state index in [0.717, 1.165) is 5.56 Å². The Labute approximate surface area is 96.9 Å². The molecule has 1 aromatic rings. The van der Waals surface area contributed by atoms with Crippen LogP contribution in [0.2, 0.25) is 0 Å². The fraction of sp³-hybridized carbons (Fsp3) is 0.455. The Hall–Kier alpha value is -1.07. The summed E-state index contributed by atoms with van der Waals surface area (Å²) in [6.07, 6.45) is 0. The topological polar surface area (TPSA) is 72.2 Å². The van der Waals surface area contributed by atoms with Gasteiger partial charge in [0.2, 0.25) is 10.0 Å². The van der Waals surface area contributed by atoms with E-state index in [1.807, 2.05) is 19.9 Å². The molecule has 0 saturated carbocycles. The van der Waals surface area contributed by atoms with E-state index in [1.54, 1.807) is 18.2 Å². The lowest BCUT2D eigenvalue weighted by Crippen LogP contribution is -2.28. The van der Waals surface area contributed by atoms with Gasteiger partial charge in [-0.3, -0.25) is 0 Å². The fourth-order valence-corrected chi connectivity index (χ4v) is 2.78. The molecule has 0 spiro atoms. The van der Waals surface area contributed by atoms with Crippen LogP contribution in [-0.4, -0.2) is 14.2 Å². The normalized spacial score (nSPS) is 11.9. The van der Waals surface area contributed by atoms with Gasteiger partial charge in [0.1, 0.15) is 0 Å². The van der Waals surface area contributed by atoms with Gasteiger partial charge in [-0.15, -0.1) is 0 Å². The number of nitrogens with one attached hydrogen (secondary N) is 1. The van der Waals surface area contributed by atoms with Gasteiger partial charge >= 0.3 is 0 Å². The monoisotopic (exact) mass is 242 g/mol. The van der Waals surface area contributed by atoms with Crippen LogP contribution in [0.1, 0.15) is 19.4 Å². The number of sulfonamides is 1. The highest BCUT2D eigenvalue weighted by Crippen LogP contribution is 2.07. The first kappa shape index (κ1) is 13.0. The third-order valence-electron chi connectivity index (χ3n) is 2.00. The minimum atomic E-state index is -3.18. The van der Waals surface area contributed by atoms with Crippen molar-refractivity contribution in [2.45, 2.75) is 20.4 Å². The number of nitrogen functional groups attached to an aromatic ring is 1. The maximum Gasteiger partial charge on any atom is 0.212 e. The lowest BCUT2D eigenvalue weighted by molar-refractivity contribution is 0.568. The molecule has 0 amide bonds. The minimum Gasteiger partial charge on any atom is -0.399 e. The first-order chi connectivity index (χ1) is 7.39. The average molecular weight is 242 g/mol. The second-order valence-electron chi connectivity index (χ2n) is 4.24. The van der Waals surface area contributed by atoms with Gasteiger partial charge in [0.05, 0.1) is 5.75 Å². The molecule has 0 fully saturated rings. The maximum absolute atomic E-state index is 11.6. The quantitative estimate of drug-likeness (QED) is 0.765. The van der Waals surface area contributed by atoms with Gasteiger partial charge in [-0.1, -0.05) is 26.0 Å². The number of hydrogen-bond acceptors (Lipinski definition) is 3. The van der Waals surface area contributed by atoms with E-state index >= 15 is 0 Å². The van der Waals surface area contributed by atoms with Crippen LogP contribution in [0.15, 0.2) is 24.3 Å². The van der Waals surface area contributed by atoms with Crippen molar-refractivity contribution < 1.29 is 8.42 Å². The SMILES string of the molecule is CC(C)CS(=O)(=O)NCc1cccc(N)c1. The molecule has 0 aliphatic heterocycles. The Bertz CT molecular complexity index is 441. The molecule has 1 aromatic carbocycles. The lowest BCUT2D eigenvalue weighted by atomic mass is 10.2. The Morgan fingerprint density at radius 3 is 2.62 bits per heavy atom. The van der Waals surface area contributed by atoms with Crippen LogP contribution < -0.4 is 10.5 Å². The molecule has 0 aliphatic carbocycles. The first-order valence-electron chi connectivity index (χ1n) is 5.21. The van der Waals surface area contributed by atoms with Crippen LogP contribution in [-0.2, 0) is 16.6 Å². The molecule has 0 aromatic heterocycles. The van der Waals surface area contributed by atoms with Crippen LogP contribution in [0.5, 0.6) is 0 Å². The van der Waals surface area contributed by atoms with E-state index in [2.05, 4.69) is 4.72 Å². The van der Waals surface area contributed by atoms with E-state index in [1.165, 1.54) is 0 Å². The van der Waals surface area contributed by atoms with Crippen LogP contribution in [0.3, 0.4) is 0 Å². The number of rotatable bonds is 5. The highest BCUT2D eigenvalue weighted by Gasteiger charge is 2.11. The molecule has 5 heteroatoms. The molecule has 4 nitrogen and oxygen atoms in total. The van der Waals surface area contributed by atoms with E-state index < -0.39 is 10.0 Å². The molecular weight excluding hydrogens is 224 g/mol. The molecule has 16 heavy (non-hydrogen) atoms. The van der Waals surface area contributed by atoms with Gasteiger partial charge in [-0.25, -0.2) is 13.1 Å². The molecule has 0 unspecified atom stereocenters. The predicted molar refractivity (Wildman–Crippen MR) is 66.3 cm³/mol. The van der Waals surface area contributed by atoms with Gasteiger partial charge in [0.15, 0.2) is 0 Å². The Morgan fingerprint density at radius 2 is 2.06 bits per heavy atom. The van der Waals surface area contributed by atoms with E-state index in [0.29, 0.717) is 12.2 Å². The summed E-state index contributed by atoms with van der Waals surface area (Å²) in [7, 11) is -3.18. The molecular formula is C11H18N2O2S. The second kappa shape index (κ2) is 5.32. The van der Waals surface area contributed by atoms with Gasteiger partial charge in [0, 0.05) is 12.2 Å². The van der Waals surface area contributed by atoms with Crippen molar-refractivity contribution in [3.05, 3.63) is 29.8 Å². The molecule has 0 aliphatic rings. The summed E-state index contributed by atoms with van der Waals surface area (Å²) >= 11 is 0. The number of benzene rings is 1. The number of hydrogen-bond donors (Lipinski definition) is 2. The van der Waals surface area contributed by atoms with Gasteiger partial charge < -0.3 is 5.73 Å². The van der Waals surface area contributed by atoms with Gasteiger partial charge in [-0.2, -0.15) is 0 Å². The smallest absolute Gasteiger partial charge is 0.212 e. The summed E-state index contributed by atoms with van der Waals surface area (Å²) in [5.74, 6) is 0.272. The van der Waals surface area contributed by atoms with Gasteiger partial charge in [0.25, 0.3) is 0 Å². The van der Waals surface area contributed by atoms with Crippen molar-refractivity contribution in [1.82, 2.24) is 4.72 Å². The zero-order chi connectivity index (χ0) is 12.2. The van der Waals surface area contributed by atoms with Crippen molar-refractivity contribution >= 4 is 15.7 Å². The van der Waals surface area contributed by atoms with Crippen molar-refractivity contribution in [1.29, 1.82) is 0 Å². The zero-order valence-corrected chi connectivity index (χ0v) is 10.4. The predicted octanol–water partition coefficient (Wildman–Crippen LogP) is 1.34. The van der Waals surface area contributed by atoms with Crippen molar-refractivity contribution in [2.75, 3.05) is 11.5 Å². The van der Waals surface area contributed by atoms with Crippen molar-refractivity contribution in [3.8, 4) is 0 Å². The van der Waals surface area contributed by atoms with E-state index in [9.17, 15) is 8.42 Å². The molecule has 3 N–H and O–H groups in total. The summed E-state index contributed by atoms with van der Waals surface area (Å²) in [5.41, 5.74) is 7.11. The van der Waals surface area contributed by atoms with Crippen LogP contribution in [0.25, 0.3) is 0 Å². The fourth-order valence-electron chi connectivity index (χ4n) is 1.39. The molecule has 0 bridgehead atoms. The van der Waals surface area contributed by atoms with Gasteiger partial charge in [-0.05, 0) is 23.6 Å². The molecule has 0 radical (unpaired) electrons. The maximum atomic E-state index is 11.6. The first-order valence-corrected chi connectivity index (χ1v) is 6.86. The summed E-state index contributed by atoms with van der Waals surface area (Å²) in [6.45, 7) is 4.04. The molecule has 0 heterocycles. The largest absolute Gasteiger partial charge is 0.399 e. The standard InChI is InChI=1S/C11H18N2O2S/c1-9(2)8-16(14,15)13-7-10-4-3-5-11(12)6-10/h3-6,9,13H,7-8,12H2,1-2H3. The molecule has 1 rings (SSSR count). The third kappa shape index (κ3) is 4.63. The van der Waals surface area contributed by atoms with Crippen molar-refractivity contribution in [2.24, 2.45) is 5.92 Å². The van der Waals surface area contributed by atoms with Crippen molar-refractivity contribution in [3.63, 3.8) is 0 Å². The summed E-state index contributed by atoms with van der Waals surface area (Å²) in [6, 6.07) is 7.18. The molecule has 0 saturated heterocycles. The molecule has 0 atom stereocenters. The van der Waals surface area contributed by atoms with Crippen LogP contribution >= 0.6 is 0 Å². The Morgan fingerprint density at radius 1 is 1.38 bits per heavy atom. The molecule has 90 valence electrons. The zero-order valence-electron chi connectivity index (χ0n) is 9.60. The Kier molecular flexibility index (Phi) is 4.32. The highest BCUT2D eigenvalue weighted by atomic mass is 32.2. The second-order valence-corrected chi connectivity index (χ2v) is 6.09. The van der Waals surface area contributed by atoms with Crippen LogP contribution in [0.4, 0.5) is 5.69 Å². The summed E-state index contributed by atoms with van der Waals surface area (Å²) in [4.78, 5) is 0.